The van der Waals surface area contributed by atoms with Gasteiger partial charge in [0.1, 0.15) is 5.75 Å². The molecule has 128 valence electrons. The van der Waals surface area contributed by atoms with Crippen molar-refractivity contribution in [3.05, 3.63) is 59.7 Å². The van der Waals surface area contributed by atoms with E-state index in [4.69, 9.17) is 0 Å². The Labute approximate surface area is 141 Å². The summed E-state index contributed by atoms with van der Waals surface area (Å²) in [5, 5.41) is 12.1. The Morgan fingerprint density at radius 3 is 2.33 bits per heavy atom. The van der Waals surface area contributed by atoms with Crippen molar-refractivity contribution in [1.29, 1.82) is 0 Å². The van der Waals surface area contributed by atoms with Gasteiger partial charge >= 0.3 is 0 Å². The molecule has 0 spiro atoms. The normalized spacial score (nSPS) is 11.2. The predicted molar refractivity (Wildman–Crippen MR) is 91.4 cm³/mol. The Hall–Kier alpha value is -2.38. The van der Waals surface area contributed by atoms with Crippen LogP contribution in [-0.4, -0.2) is 32.5 Å². The summed E-state index contributed by atoms with van der Waals surface area (Å²) < 4.78 is 26.7. The Bertz CT molecular complexity index is 802. The van der Waals surface area contributed by atoms with Gasteiger partial charge < -0.3 is 10.4 Å². The fourth-order valence-electron chi connectivity index (χ4n) is 2.11. The zero-order valence-corrected chi connectivity index (χ0v) is 14.1. The Morgan fingerprint density at radius 2 is 1.71 bits per heavy atom. The maximum absolute atomic E-state index is 12.1. The number of para-hydroxylation sites is 1. The van der Waals surface area contributed by atoms with Crippen LogP contribution in [0.25, 0.3) is 0 Å². The minimum absolute atomic E-state index is 0.0528. The minimum atomic E-state index is -3.61. The molecular weight excluding hydrogens is 328 g/mol. The molecular formula is C17H20N2O4S. The average molecular weight is 348 g/mol. The van der Waals surface area contributed by atoms with Crippen molar-refractivity contribution in [2.24, 2.45) is 0 Å². The van der Waals surface area contributed by atoms with Gasteiger partial charge in [-0.3, -0.25) is 4.79 Å². The number of nitrogens with one attached hydrogen (secondary N) is 2. The summed E-state index contributed by atoms with van der Waals surface area (Å²) in [7, 11) is -3.61. The van der Waals surface area contributed by atoms with Crippen LogP contribution in [0.15, 0.2) is 53.4 Å². The first-order valence-electron chi connectivity index (χ1n) is 7.59. The number of hydrogen-bond donors (Lipinski definition) is 3. The minimum Gasteiger partial charge on any atom is -0.507 e. The number of benzene rings is 2. The number of carbonyl (C=O) groups excluding carboxylic acids is 1. The van der Waals surface area contributed by atoms with E-state index in [2.05, 4.69) is 10.0 Å². The van der Waals surface area contributed by atoms with E-state index in [1.54, 1.807) is 36.4 Å². The molecule has 1 amide bonds. The second kappa shape index (κ2) is 7.94. The molecule has 2 aromatic carbocycles. The highest BCUT2D eigenvalue weighted by Crippen LogP contribution is 2.15. The molecule has 2 rings (SSSR count). The second-order valence-electron chi connectivity index (χ2n) is 5.17. The summed E-state index contributed by atoms with van der Waals surface area (Å²) in [6.45, 7) is 2.16. The summed E-state index contributed by atoms with van der Waals surface area (Å²) in [4.78, 5) is 12.1. The van der Waals surface area contributed by atoms with E-state index in [0.29, 0.717) is 0 Å². The van der Waals surface area contributed by atoms with Crippen LogP contribution in [0.1, 0.15) is 22.8 Å². The fraction of sp³-hybridized carbons (Fsp3) is 0.235. The lowest BCUT2D eigenvalue weighted by atomic mass is 10.2. The first-order chi connectivity index (χ1) is 11.4. The van der Waals surface area contributed by atoms with Gasteiger partial charge in [0.2, 0.25) is 10.0 Å². The van der Waals surface area contributed by atoms with Gasteiger partial charge in [0, 0.05) is 13.1 Å². The number of phenolic OH excluding ortho intramolecular Hbond substituents is 1. The highest BCUT2D eigenvalue weighted by molar-refractivity contribution is 7.89. The molecule has 0 fully saturated rings. The van der Waals surface area contributed by atoms with E-state index in [1.165, 1.54) is 12.1 Å². The SMILES string of the molecule is CCc1ccc(S(=O)(=O)NCCNC(=O)c2ccccc2O)cc1. The van der Waals surface area contributed by atoms with E-state index in [9.17, 15) is 18.3 Å². The molecule has 6 nitrogen and oxygen atoms in total. The number of rotatable bonds is 7. The van der Waals surface area contributed by atoms with Crippen LogP contribution >= 0.6 is 0 Å². The van der Waals surface area contributed by atoms with Gasteiger partial charge in [-0.2, -0.15) is 0 Å². The number of sulfonamides is 1. The van der Waals surface area contributed by atoms with E-state index >= 15 is 0 Å². The number of amides is 1. The number of phenols is 1. The second-order valence-corrected chi connectivity index (χ2v) is 6.94. The van der Waals surface area contributed by atoms with Gasteiger partial charge in [-0.05, 0) is 36.2 Å². The van der Waals surface area contributed by atoms with Crippen LogP contribution in [0.3, 0.4) is 0 Å². The first-order valence-corrected chi connectivity index (χ1v) is 9.07. The van der Waals surface area contributed by atoms with Crippen LogP contribution in [0.4, 0.5) is 0 Å². The van der Waals surface area contributed by atoms with Gasteiger partial charge in [-0.25, -0.2) is 13.1 Å². The standard InChI is InChI=1S/C17H20N2O4S/c1-2-13-7-9-14(10-8-13)24(22,23)19-12-11-18-17(21)15-5-3-4-6-16(15)20/h3-10,19-20H,2,11-12H2,1H3,(H,18,21). The van der Waals surface area contributed by atoms with Crippen molar-refractivity contribution in [1.82, 2.24) is 10.0 Å². The molecule has 0 radical (unpaired) electrons. The van der Waals surface area contributed by atoms with Crippen LogP contribution in [-0.2, 0) is 16.4 Å². The molecule has 7 heteroatoms. The predicted octanol–water partition coefficient (Wildman–Crippen LogP) is 1.66. The van der Waals surface area contributed by atoms with E-state index in [-0.39, 0.29) is 29.3 Å². The van der Waals surface area contributed by atoms with E-state index in [1.807, 2.05) is 6.92 Å². The number of aryl methyl sites for hydroxylation is 1. The fourth-order valence-corrected chi connectivity index (χ4v) is 3.14. The van der Waals surface area contributed by atoms with Crippen LogP contribution in [0.5, 0.6) is 5.75 Å². The topological polar surface area (TPSA) is 95.5 Å². The Morgan fingerprint density at radius 1 is 1.04 bits per heavy atom. The maximum Gasteiger partial charge on any atom is 0.255 e. The van der Waals surface area contributed by atoms with Gasteiger partial charge in [0.15, 0.2) is 0 Å². The number of carbonyl (C=O) groups is 1. The van der Waals surface area contributed by atoms with Gasteiger partial charge in [-0.1, -0.05) is 31.2 Å². The maximum atomic E-state index is 12.1. The smallest absolute Gasteiger partial charge is 0.255 e. The van der Waals surface area contributed by atoms with E-state index < -0.39 is 15.9 Å². The molecule has 0 aromatic heterocycles. The molecule has 2 aromatic rings. The molecule has 0 aliphatic heterocycles. The lowest BCUT2D eigenvalue weighted by molar-refractivity contribution is 0.0951. The zero-order valence-electron chi connectivity index (χ0n) is 13.3. The monoisotopic (exact) mass is 348 g/mol. The molecule has 0 saturated heterocycles. The Balaban J connectivity index is 1.87. The molecule has 0 saturated carbocycles. The summed E-state index contributed by atoms with van der Waals surface area (Å²) in [5.74, 6) is -0.578. The molecule has 3 N–H and O–H groups in total. The summed E-state index contributed by atoms with van der Waals surface area (Å²) in [6.07, 6.45) is 0.839. The quantitative estimate of drug-likeness (QED) is 0.663. The lowest BCUT2D eigenvalue weighted by Gasteiger charge is -2.09. The van der Waals surface area contributed by atoms with Crippen LogP contribution < -0.4 is 10.0 Å². The number of hydrogen-bond acceptors (Lipinski definition) is 4. The molecule has 0 aliphatic rings. The summed E-state index contributed by atoms with van der Waals surface area (Å²) in [5.41, 5.74) is 1.21. The molecule has 0 aliphatic carbocycles. The van der Waals surface area contributed by atoms with E-state index in [0.717, 1.165) is 12.0 Å². The van der Waals surface area contributed by atoms with Gasteiger partial charge in [0.05, 0.1) is 10.5 Å². The molecule has 0 unspecified atom stereocenters. The first kappa shape index (κ1) is 18.0. The third kappa shape index (κ3) is 4.56. The average Bonchev–Trinajstić information content (AvgIpc) is 2.59. The summed E-state index contributed by atoms with van der Waals surface area (Å²) >= 11 is 0. The van der Waals surface area contributed by atoms with Crippen molar-refractivity contribution >= 4 is 15.9 Å². The van der Waals surface area contributed by atoms with Crippen molar-refractivity contribution in [2.75, 3.05) is 13.1 Å². The largest absolute Gasteiger partial charge is 0.507 e. The van der Waals surface area contributed by atoms with Crippen molar-refractivity contribution in [2.45, 2.75) is 18.2 Å². The Kier molecular flexibility index (Phi) is 5.94. The third-order valence-corrected chi connectivity index (χ3v) is 4.97. The molecule has 0 heterocycles. The summed E-state index contributed by atoms with van der Waals surface area (Å²) in [6, 6.07) is 12.8. The van der Waals surface area contributed by atoms with Crippen molar-refractivity contribution in [3.8, 4) is 5.75 Å². The van der Waals surface area contributed by atoms with Crippen LogP contribution in [0, 0.1) is 0 Å². The van der Waals surface area contributed by atoms with Crippen LogP contribution in [0.2, 0.25) is 0 Å². The molecule has 0 bridgehead atoms. The zero-order chi connectivity index (χ0) is 17.6. The molecule has 0 atom stereocenters. The van der Waals surface area contributed by atoms with Gasteiger partial charge in [0.25, 0.3) is 5.91 Å². The highest BCUT2D eigenvalue weighted by atomic mass is 32.2. The van der Waals surface area contributed by atoms with Crippen molar-refractivity contribution < 1.29 is 18.3 Å². The highest BCUT2D eigenvalue weighted by Gasteiger charge is 2.14. The lowest BCUT2D eigenvalue weighted by Crippen LogP contribution is -2.34. The molecule has 24 heavy (non-hydrogen) atoms. The van der Waals surface area contributed by atoms with Crippen molar-refractivity contribution in [3.63, 3.8) is 0 Å². The van der Waals surface area contributed by atoms with Gasteiger partial charge in [-0.15, -0.1) is 0 Å². The number of aromatic hydroxyl groups is 1. The third-order valence-electron chi connectivity index (χ3n) is 3.49.